The lowest BCUT2D eigenvalue weighted by Crippen LogP contribution is -1.95. The lowest BCUT2D eigenvalue weighted by atomic mass is 10.8. The molecular weight excluding hydrogens is 95.0 g/mol. The summed E-state index contributed by atoms with van der Waals surface area (Å²) in [5, 5.41) is 8.38. The molecule has 0 rings (SSSR count). The Morgan fingerprint density at radius 1 is 2.00 bits per heavy atom. The normalized spacial score (nSPS) is 7.50. The van der Waals surface area contributed by atoms with Gasteiger partial charge in [-0.2, -0.15) is 0 Å². The number of rotatable bonds is 2. The average Bonchev–Trinajstić information content (AvgIpc) is 1.35. The molecule has 0 aromatic carbocycles. The maximum Gasteiger partial charge on any atom is 0.289 e. The van der Waals surface area contributed by atoms with Crippen molar-refractivity contribution in [2.75, 3.05) is 0 Å². The molecule has 6 heavy (non-hydrogen) atoms. The van der Waals surface area contributed by atoms with Gasteiger partial charge in [-0.3, -0.25) is 4.79 Å². The Hall–Kier alpha value is 0.00247. The van der Waals surface area contributed by atoms with Crippen molar-refractivity contribution >= 4 is 21.2 Å². The zero-order chi connectivity index (χ0) is 4.99. The molecule has 0 radical (unpaired) electrons. The van der Waals surface area contributed by atoms with Gasteiger partial charge in [0.2, 0.25) is 15.2 Å². The molecule has 3 heteroatoms. The summed E-state index contributed by atoms with van der Waals surface area (Å²) in [7, 11) is 0. The van der Waals surface area contributed by atoms with Gasteiger partial charge in [-0.25, -0.2) is 0 Å². The van der Waals surface area contributed by atoms with Crippen LogP contribution in [0.5, 0.6) is 0 Å². The lowest BCUT2D eigenvalue weighted by Gasteiger charge is -1.77. The molecule has 0 saturated heterocycles. The Morgan fingerprint density at radius 2 is 2.50 bits per heavy atom. The van der Waals surface area contributed by atoms with Gasteiger partial charge in [-0.1, -0.05) is 0 Å². The molecule has 0 aliphatic heterocycles. The molecule has 1 N–H and O–H groups in total. The summed E-state index contributed by atoms with van der Waals surface area (Å²) in [5.74, 6) is 1.33. The van der Waals surface area contributed by atoms with Gasteiger partial charge >= 0.3 is 0 Å². The van der Waals surface area contributed by atoms with E-state index in [-0.39, 0.29) is 15.2 Å². The van der Waals surface area contributed by atoms with Crippen molar-refractivity contribution in [1.82, 2.24) is 0 Å². The van der Waals surface area contributed by atoms with Crippen molar-refractivity contribution in [1.29, 1.82) is 0 Å². The number of hydrogen-bond acceptors (Lipinski definition) is 1. The largest absolute Gasteiger partial charge is 0.482 e. The van der Waals surface area contributed by atoms with E-state index in [0.29, 0.717) is 5.28 Å². The van der Waals surface area contributed by atoms with Crippen molar-refractivity contribution in [2.45, 2.75) is 11.1 Å². The second kappa shape index (κ2) is 3.20. The highest BCUT2D eigenvalue weighted by atomic mass is 27.1. The van der Waals surface area contributed by atoms with Gasteiger partial charge in [0.15, 0.2) is 0 Å². The summed E-state index contributed by atoms with van der Waals surface area (Å²) in [5.41, 5.74) is 0. The molecule has 0 spiro atoms. The quantitative estimate of drug-likeness (QED) is 0.497. The fraction of sp³-hybridized carbons (Fsp3) is 0.667. The molecule has 0 heterocycles. The standard InChI is InChI=1S/C2H3O2.CH3.Al.H/c1-2(3)4;;;/h1H2,(H,3,4);1H3;;. The van der Waals surface area contributed by atoms with Crippen LogP contribution in [0, 0.1) is 0 Å². The number of carboxylic acid groups (broad SMARTS) is 1. The summed E-state index contributed by atoms with van der Waals surface area (Å²) in [4.78, 5) is 9.63. The Bertz CT molecular complexity index is 52.8. The monoisotopic (exact) mass is 102 g/mol. The van der Waals surface area contributed by atoms with E-state index in [1.165, 1.54) is 0 Å². The van der Waals surface area contributed by atoms with E-state index in [0.717, 1.165) is 0 Å². The molecule has 0 fully saturated rings. The maximum absolute atomic E-state index is 9.63. The van der Waals surface area contributed by atoms with E-state index in [1.54, 1.807) is 0 Å². The van der Waals surface area contributed by atoms with E-state index in [9.17, 15) is 4.79 Å². The van der Waals surface area contributed by atoms with Crippen molar-refractivity contribution in [3.05, 3.63) is 0 Å². The van der Waals surface area contributed by atoms with Crippen LogP contribution in [0.3, 0.4) is 0 Å². The summed E-state index contributed by atoms with van der Waals surface area (Å²) >= 11 is -0.233. The van der Waals surface area contributed by atoms with Crippen molar-refractivity contribution in [2.24, 2.45) is 0 Å². The zero-order valence-corrected chi connectivity index (χ0v) is 5.18. The zero-order valence-electron chi connectivity index (χ0n) is 3.77. The molecule has 34 valence electrons. The third kappa shape index (κ3) is 4.00. The molecule has 2 nitrogen and oxygen atoms in total. The highest BCUT2D eigenvalue weighted by Gasteiger charge is 1.90. The number of hydrogen-bond donors (Lipinski definition) is 1. The van der Waals surface area contributed by atoms with Crippen LogP contribution in [0.15, 0.2) is 0 Å². The van der Waals surface area contributed by atoms with Gasteiger partial charge in [-0.05, 0) is 5.28 Å². The Morgan fingerprint density at radius 3 is 2.50 bits per heavy atom. The summed E-state index contributed by atoms with van der Waals surface area (Å²) < 4.78 is 0. The topological polar surface area (TPSA) is 37.3 Å². The summed E-state index contributed by atoms with van der Waals surface area (Å²) in [6, 6.07) is 0. The number of aliphatic carboxylic acids is 1. The van der Waals surface area contributed by atoms with Crippen molar-refractivity contribution in [3.63, 3.8) is 0 Å². The van der Waals surface area contributed by atoms with E-state index in [2.05, 4.69) is 0 Å². The number of carboxylic acids is 1. The fourth-order valence-corrected chi connectivity index (χ4v) is 0.642. The third-order valence-corrected chi connectivity index (χ3v) is 1.39. The minimum Gasteiger partial charge on any atom is -0.482 e. The first-order chi connectivity index (χ1) is 2.77. The highest BCUT2D eigenvalue weighted by molar-refractivity contribution is 6.38. The molecule has 0 aromatic heterocycles. The van der Waals surface area contributed by atoms with Crippen LogP contribution < -0.4 is 0 Å². The molecule has 0 atom stereocenters. The van der Waals surface area contributed by atoms with Gasteiger partial charge < -0.3 is 5.11 Å². The fourth-order valence-electron chi connectivity index (χ4n) is 0.214. The third-order valence-electron chi connectivity index (χ3n) is 0.464. The molecule has 0 aromatic rings. The minimum atomic E-state index is -0.649. The first-order valence-electron chi connectivity index (χ1n) is 1.99. The SMILES string of the molecule is [CH3][AlH][CH2]C(=O)O. The molecule has 0 bridgehead atoms. The first-order valence-corrected chi connectivity index (χ1v) is 4.40. The second-order valence-corrected chi connectivity index (χ2v) is 2.64. The predicted molar refractivity (Wildman–Crippen MR) is 25.5 cm³/mol. The smallest absolute Gasteiger partial charge is 0.289 e. The van der Waals surface area contributed by atoms with E-state index >= 15 is 0 Å². The maximum atomic E-state index is 9.63. The van der Waals surface area contributed by atoms with Crippen LogP contribution in [0.4, 0.5) is 0 Å². The molecule has 0 aliphatic rings. The first kappa shape index (κ1) is 6.00. The van der Waals surface area contributed by atoms with Gasteiger partial charge in [0.05, 0.1) is 0 Å². The molecular formula is C3H7AlO2. The van der Waals surface area contributed by atoms with Crippen LogP contribution in [-0.2, 0) is 4.79 Å². The van der Waals surface area contributed by atoms with Gasteiger partial charge in [0.25, 0.3) is 5.97 Å². The minimum absolute atomic E-state index is 0.233. The van der Waals surface area contributed by atoms with Crippen molar-refractivity contribution in [3.8, 4) is 0 Å². The van der Waals surface area contributed by atoms with Gasteiger partial charge in [-0.15, -0.1) is 5.79 Å². The Kier molecular flexibility index (Phi) is 3.20. The van der Waals surface area contributed by atoms with E-state index < -0.39 is 5.97 Å². The lowest BCUT2D eigenvalue weighted by molar-refractivity contribution is -0.134. The Balaban J connectivity index is 2.83. The number of carbonyl (C=O) groups is 1. The molecule has 0 unspecified atom stereocenters. The van der Waals surface area contributed by atoms with Crippen molar-refractivity contribution < 1.29 is 9.90 Å². The summed E-state index contributed by atoms with van der Waals surface area (Å²) in [6.07, 6.45) is 0. The average molecular weight is 102 g/mol. The van der Waals surface area contributed by atoms with Crippen LogP contribution >= 0.6 is 0 Å². The van der Waals surface area contributed by atoms with Crippen LogP contribution in [-0.4, -0.2) is 26.3 Å². The summed E-state index contributed by atoms with van der Waals surface area (Å²) in [6.45, 7) is 0. The molecule has 0 amide bonds. The van der Waals surface area contributed by atoms with Gasteiger partial charge in [0.1, 0.15) is 0 Å². The van der Waals surface area contributed by atoms with E-state index in [4.69, 9.17) is 5.11 Å². The van der Waals surface area contributed by atoms with Crippen LogP contribution in [0.1, 0.15) is 0 Å². The second-order valence-electron chi connectivity index (χ2n) is 1.14. The van der Waals surface area contributed by atoms with Crippen LogP contribution in [0.2, 0.25) is 11.1 Å². The highest BCUT2D eigenvalue weighted by Crippen LogP contribution is 1.72. The van der Waals surface area contributed by atoms with Crippen LogP contribution in [0.25, 0.3) is 0 Å². The van der Waals surface area contributed by atoms with Gasteiger partial charge in [0, 0.05) is 0 Å². The van der Waals surface area contributed by atoms with E-state index in [1.807, 2.05) is 5.79 Å². The molecule has 0 aliphatic carbocycles. The predicted octanol–water partition coefficient (Wildman–Crippen LogP) is -0.0261. The molecule has 0 saturated carbocycles. The Labute approximate surface area is 42.9 Å².